The summed E-state index contributed by atoms with van der Waals surface area (Å²) in [5.41, 5.74) is 7.43. The molecule has 0 radical (unpaired) electrons. The molecule has 0 saturated carbocycles. The zero-order valence-corrected chi connectivity index (χ0v) is 10.8. The van der Waals surface area contributed by atoms with Crippen LogP contribution < -0.4 is 5.73 Å². The Morgan fingerprint density at radius 1 is 1.29 bits per heavy atom. The highest BCUT2D eigenvalue weighted by Crippen LogP contribution is 2.19. The van der Waals surface area contributed by atoms with Gasteiger partial charge in [0.2, 0.25) is 0 Å². The number of nitrogens with two attached hydrogens (primary N) is 1. The summed E-state index contributed by atoms with van der Waals surface area (Å²) in [7, 11) is 0. The minimum Gasteiger partial charge on any atom is -0.395 e. The second kappa shape index (κ2) is 7.43. The van der Waals surface area contributed by atoms with E-state index in [1.165, 1.54) is 5.56 Å². The first-order valence-corrected chi connectivity index (χ1v) is 6.32. The number of nitrogens with zero attached hydrogens (tertiary/aromatic N) is 1. The molecular formula is C14H24N2O. The molecule has 3 N–H and O–H groups in total. The quantitative estimate of drug-likeness (QED) is 0.756. The van der Waals surface area contributed by atoms with Crippen LogP contribution in [0.25, 0.3) is 0 Å². The molecule has 0 saturated heterocycles. The fraction of sp³-hybridized carbons (Fsp3) is 0.571. The summed E-state index contributed by atoms with van der Waals surface area (Å²) in [4.78, 5) is 2.23. The van der Waals surface area contributed by atoms with E-state index in [1.807, 2.05) is 18.2 Å². The van der Waals surface area contributed by atoms with E-state index in [0.717, 1.165) is 19.6 Å². The summed E-state index contributed by atoms with van der Waals surface area (Å²) in [5, 5.41) is 8.96. The van der Waals surface area contributed by atoms with E-state index in [2.05, 4.69) is 30.9 Å². The molecule has 0 fully saturated rings. The van der Waals surface area contributed by atoms with Gasteiger partial charge in [-0.25, -0.2) is 0 Å². The first kappa shape index (κ1) is 14.2. The van der Waals surface area contributed by atoms with E-state index in [0.29, 0.717) is 5.92 Å². The molecule has 1 rings (SSSR count). The molecule has 0 bridgehead atoms. The lowest BCUT2D eigenvalue weighted by atomic mass is 9.95. The van der Waals surface area contributed by atoms with E-state index in [1.54, 1.807) is 0 Å². The van der Waals surface area contributed by atoms with Gasteiger partial charge in [-0.15, -0.1) is 0 Å². The number of rotatable bonds is 7. The number of hydrogen-bond donors (Lipinski definition) is 2. The second-order valence-corrected chi connectivity index (χ2v) is 4.53. The normalized spacial score (nSPS) is 14.9. The molecule has 2 atom stereocenters. The van der Waals surface area contributed by atoms with Gasteiger partial charge in [-0.2, -0.15) is 0 Å². The van der Waals surface area contributed by atoms with Crippen LogP contribution in [0.4, 0.5) is 0 Å². The highest BCUT2D eigenvalue weighted by molar-refractivity contribution is 5.19. The Morgan fingerprint density at radius 2 is 1.94 bits per heavy atom. The number of hydrogen-bond acceptors (Lipinski definition) is 3. The molecule has 96 valence electrons. The Labute approximate surface area is 104 Å². The number of likely N-dealkylation sites (N-methyl/N-ethyl adjacent to an activating group) is 1. The smallest absolute Gasteiger partial charge is 0.0558 e. The third-order valence-electron chi connectivity index (χ3n) is 3.21. The van der Waals surface area contributed by atoms with E-state index >= 15 is 0 Å². The lowest BCUT2D eigenvalue weighted by molar-refractivity contribution is 0.177. The molecule has 0 aliphatic heterocycles. The van der Waals surface area contributed by atoms with Gasteiger partial charge < -0.3 is 15.7 Å². The summed E-state index contributed by atoms with van der Waals surface area (Å²) >= 11 is 0. The van der Waals surface area contributed by atoms with E-state index in [4.69, 9.17) is 10.8 Å². The lowest BCUT2D eigenvalue weighted by Crippen LogP contribution is -2.35. The minimum atomic E-state index is 0.0592. The van der Waals surface area contributed by atoms with Crippen molar-refractivity contribution < 1.29 is 5.11 Å². The third-order valence-corrected chi connectivity index (χ3v) is 3.21. The van der Waals surface area contributed by atoms with Crippen molar-refractivity contribution in [1.29, 1.82) is 0 Å². The van der Waals surface area contributed by atoms with Gasteiger partial charge in [-0.3, -0.25) is 0 Å². The molecule has 17 heavy (non-hydrogen) atoms. The molecule has 1 aromatic carbocycles. The molecule has 0 spiro atoms. The molecule has 0 heterocycles. The lowest BCUT2D eigenvalue weighted by Gasteiger charge is -2.27. The Balaban J connectivity index is 2.54. The van der Waals surface area contributed by atoms with Crippen LogP contribution in [-0.4, -0.2) is 36.2 Å². The van der Waals surface area contributed by atoms with Crippen molar-refractivity contribution in [3.05, 3.63) is 35.9 Å². The van der Waals surface area contributed by atoms with Crippen LogP contribution in [0.5, 0.6) is 0 Å². The van der Waals surface area contributed by atoms with Crippen molar-refractivity contribution in [1.82, 2.24) is 4.90 Å². The van der Waals surface area contributed by atoms with Gasteiger partial charge in [0.15, 0.2) is 0 Å². The maximum atomic E-state index is 8.96. The van der Waals surface area contributed by atoms with Crippen molar-refractivity contribution in [3.8, 4) is 0 Å². The predicted octanol–water partition coefficient (Wildman–Crippen LogP) is 1.64. The van der Waals surface area contributed by atoms with Crippen molar-refractivity contribution >= 4 is 0 Å². The third kappa shape index (κ3) is 4.46. The average molecular weight is 236 g/mol. The van der Waals surface area contributed by atoms with Crippen LogP contribution >= 0.6 is 0 Å². The van der Waals surface area contributed by atoms with Crippen LogP contribution in [-0.2, 0) is 0 Å². The molecule has 0 aliphatic rings. The Kier molecular flexibility index (Phi) is 6.19. The Hall–Kier alpha value is -0.900. The Morgan fingerprint density at radius 3 is 2.47 bits per heavy atom. The van der Waals surface area contributed by atoms with Crippen LogP contribution in [0.2, 0.25) is 0 Å². The monoisotopic (exact) mass is 236 g/mol. The summed E-state index contributed by atoms with van der Waals surface area (Å²) in [6.07, 6.45) is 0. The van der Waals surface area contributed by atoms with Crippen molar-refractivity contribution in [2.24, 2.45) is 11.7 Å². The van der Waals surface area contributed by atoms with Gasteiger partial charge in [0, 0.05) is 19.1 Å². The largest absolute Gasteiger partial charge is 0.395 e. The second-order valence-electron chi connectivity index (χ2n) is 4.53. The number of aliphatic hydroxyl groups is 1. The first-order valence-electron chi connectivity index (χ1n) is 6.32. The topological polar surface area (TPSA) is 49.5 Å². The van der Waals surface area contributed by atoms with Crippen LogP contribution in [0, 0.1) is 5.92 Å². The maximum absolute atomic E-state index is 8.96. The molecule has 0 aromatic heterocycles. The first-order chi connectivity index (χ1) is 8.19. The summed E-state index contributed by atoms with van der Waals surface area (Å²) in [6, 6.07) is 10.3. The molecule has 3 heteroatoms. The van der Waals surface area contributed by atoms with E-state index in [9.17, 15) is 0 Å². The fourth-order valence-electron chi connectivity index (χ4n) is 2.04. The minimum absolute atomic E-state index is 0.0592. The van der Waals surface area contributed by atoms with Crippen LogP contribution in [0.1, 0.15) is 25.5 Å². The highest BCUT2D eigenvalue weighted by Gasteiger charge is 2.17. The molecule has 0 aliphatic carbocycles. The molecule has 0 amide bonds. The SMILES string of the molecule is CCN(CCO)CC(C)C(N)c1ccccc1. The Bertz CT molecular complexity index is 302. The van der Waals surface area contributed by atoms with E-state index < -0.39 is 0 Å². The zero-order valence-electron chi connectivity index (χ0n) is 10.8. The zero-order chi connectivity index (χ0) is 12.7. The van der Waals surface area contributed by atoms with Crippen molar-refractivity contribution in [2.75, 3.05) is 26.2 Å². The van der Waals surface area contributed by atoms with E-state index in [-0.39, 0.29) is 12.6 Å². The standard InChI is InChI=1S/C14H24N2O/c1-3-16(9-10-17)11-12(2)14(15)13-7-5-4-6-8-13/h4-8,12,14,17H,3,9-11,15H2,1-2H3. The van der Waals surface area contributed by atoms with Gasteiger partial charge in [0.05, 0.1) is 6.61 Å². The van der Waals surface area contributed by atoms with Gasteiger partial charge >= 0.3 is 0 Å². The molecule has 2 unspecified atom stereocenters. The summed E-state index contributed by atoms with van der Waals surface area (Å²) < 4.78 is 0. The average Bonchev–Trinajstić information content (AvgIpc) is 2.38. The summed E-state index contributed by atoms with van der Waals surface area (Å²) in [6.45, 7) is 7.08. The fourth-order valence-corrected chi connectivity index (χ4v) is 2.04. The van der Waals surface area contributed by atoms with Gasteiger partial charge in [-0.1, -0.05) is 44.2 Å². The predicted molar refractivity (Wildman–Crippen MR) is 71.7 cm³/mol. The van der Waals surface area contributed by atoms with Crippen molar-refractivity contribution in [2.45, 2.75) is 19.9 Å². The molecular weight excluding hydrogens is 212 g/mol. The molecule has 3 nitrogen and oxygen atoms in total. The van der Waals surface area contributed by atoms with Crippen LogP contribution in [0.15, 0.2) is 30.3 Å². The van der Waals surface area contributed by atoms with Gasteiger partial charge in [-0.05, 0) is 18.0 Å². The number of benzene rings is 1. The van der Waals surface area contributed by atoms with Gasteiger partial charge in [0.1, 0.15) is 0 Å². The highest BCUT2D eigenvalue weighted by atomic mass is 16.3. The number of aliphatic hydroxyl groups excluding tert-OH is 1. The van der Waals surface area contributed by atoms with Gasteiger partial charge in [0.25, 0.3) is 0 Å². The summed E-state index contributed by atoms with van der Waals surface area (Å²) in [5.74, 6) is 0.379. The molecule has 1 aromatic rings. The maximum Gasteiger partial charge on any atom is 0.0558 e. The van der Waals surface area contributed by atoms with Crippen LogP contribution in [0.3, 0.4) is 0 Å². The van der Waals surface area contributed by atoms with Crippen molar-refractivity contribution in [3.63, 3.8) is 0 Å².